The lowest BCUT2D eigenvalue weighted by atomic mass is 9.91. The molecule has 4 heteroatoms. The molecule has 29 heavy (non-hydrogen) atoms. The number of nitrogens with zero attached hydrogens (tertiary/aromatic N) is 3. The lowest BCUT2D eigenvalue weighted by Gasteiger charge is -2.35. The molecule has 3 aromatic rings. The molecule has 1 saturated heterocycles. The van der Waals surface area contributed by atoms with Crippen LogP contribution in [0.1, 0.15) is 69.3 Å². The van der Waals surface area contributed by atoms with Crippen molar-refractivity contribution >= 4 is 16.9 Å². The predicted octanol–water partition coefficient (Wildman–Crippen LogP) is 5.52. The number of likely N-dealkylation sites (tertiary alicyclic amines) is 1. The standard InChI is InChI=1S/C25H31N3O/c1-4-21(19-11-6-5-7-12-19)25(29)27-16-10-13-20(17-27)24-26-22-14-8-9-15-23(22)28(24)18(2)3/h5-9,11-12,14-15,18,20-21H,4,10,13,16-17H2,1-3H3. The fourth-order valence-electron chi connectivity index (χ4n) is 4.74. The number of carbonyl (C=O) groups excluding carboxylic acids is 1. The summed E-state index contributed by atoms with van der Waals surface area (Å²) in [5.41, 5.74) is 3.36. The summed E-state index contributed by atoms with van der Waals surface area (Å²) in [6.07, 6.45) is 2.94. The van der Waals surface area contributed by atoms with E-state index in [1.54, 1.807) is 0 Å². The van der Waals surface area contributed by atoms with Gasteiger partial charge in [-0.2, -0.15) is 0 Å². The molecule has 1 aromatic heterocycles. The number of amides is 1. The Morgan fingerprint density at radius 1 is 1.10 bits per heavy atom. The van der Waals surface area contributed by atoms with Crippen LogP contribution in [0, 0.1) is 0 Å². The van der Waals surface area contributed by atoms with Crippen molar-refractivity contribution in [1.82, 2.24) is 14.5 Å². The molecule has 2 unspecified atom stereocenters. The molecule has 1 fully saturated rings. The third-order valence-electron chi connectivity index (χ3n) is 6.15. The van der Waals surface area contributed by atoms with Crippen molar-refractivity contribution in [3.05, 3.63) is 66.0 Å². The Bertz CT molecular complexity index is 976. The second kappa shape index (κ2) is 8.40. The quantitative estimate of drug-likeness (QED) is 0.576. The van der Waals surface area contributed by atoms with Crippen LogP contribution in [0.4, 0.5) is 0 Å². The molecule has 2 heterocycles. The second-order valence-electron chi connectivity index (χ2n) is 8.42. The highest BCUT2D eigenvalue weighted by atomic mass is 16.2. The first kappa shape index (κ1) is 19.7. The summed E-state index contributed by atoms with van der Waals surface area (Å²) >= 11 is 0. The minimum absolute atomic E-state index is 0.0566. The summed E-state index contributed by atoms with van der Waals surface area (Å²) in [5.74, 6) is 1.62. The van der Waals surface area contributed by atoms with Crippen molar-refractivity contribution in [1.29, 1.82) is 0 Å². The van der Waals surface area contributed by atoms with E-state index < -0.39 is 0 Å². The lowest BCUT2D eigenvalue weighted by Crippen LogP contribution is -2.42. The maximum absolute atomic E-state index is 13.4. The third-order valence-corrected chi connectivity index (χ3v) is 6.15. The normalized spacial score (nSPS) is 18.3. The van der Waals surface area contributed by atoms with Gasteiger partial charge in [0, 0.05) is 25.0 Å². The number of rotatable bonds is 5. The Labute approximate surface area is 173 Å². The fraction of sp³-hybridized carbons (Fsp3) is 0.440. The second-order valence-corrected chi connectivity index (χ2v) is 8.42. The number of carbonyl (C=O) groups is 1. The van der Waals surface area contributed by atoms with E-state index in [2.05, 4.69) is 60.6 Å². The predicted molar refractivity (Wildman–Crippen MR) is 118 cm³/mol. The molecular weight excluding hydrogens is 358 g/mol. The first-order chi connectivity index (χ1) is 14.1. The zero-order chi connectivity index (χ0) is 20.4. The first-order valence-corrected chi connectivity index (χ1v) is 10.9. The zero-order valence-electron chi connectivity index (χ0n) is 17.7. The van der Waals surface area contributed by atoms with Gasteiger partial charge in [0.2, 0.25) is 5.91 Å². The number of piperidine rings is 1. The first-order valence-electron chi connectivity index (χ1n) is 10.9. The van der Waals surface area contributed by atoms with Crippen LogP contribution in [0.2, 0.25) is 0 Å². The van der Waals surface area contributed by atoms with E-state index in [0.29, 0.717) is 6.04 Å². The number of benzene rings is 2. The van der Waals surface area contributed by atoms with Gasteiger partial charge in [0.15, 0.2) is 0 Å². The number of aromatic nitrogens is 2. The van der Waals surface area contributed by atoms with Gasteiger partial charge >= 0.3 is 0 Å². The summed E-state index contributed by atoms with van der Waals surface area (Å²) in [6, 6.07) is 18.9. The van der Waals surface area contributed by atoms with Crippen LogP contribution in [-0.4, -0.2) is 33.4 Å². The minimum atomic E-state index is -0.0566. The van der Waals surface area contributed by atoms with E-state index in [9.17, 15) is 4.79 Å². The zero-order valence-corrected chi connectivity index (χ0v) is 17.7. The molecule has 0 aliphatic carbocycles. The molecule has 0 N–H and O–H groups in total. The van der Waals surface area contributed by atoms with Gasteiger partial charge < -0.3 is 9.47 Å². The highest BCUT2D eigenvalue weighted by Crippen LogP contribution is 2.33. The molecule has 2 aromatic carbocycles. The van der Waals surface area contributed by atoms with Gasteiger partial charge in [-0.1, -0.05) is 49.4 Å². The largest absolute Gasteiger partial charge is 0.341 e. The molecular formula is C25H31N3O. The van der Waals surface area contributed by atoms with Gasteiger partial charge in [-0.3, -0.25) is 4.79 Å². The van der Waals surface area contributed by atoms with E-state index in [0.717, 1.165) is 49.3 Å². The molecule has 1 amide bonds. The van der Waals surface area contributed by atoms with E-state index in [1.165, 1.54) is 5.52 Å². The number of para-hydroxylation sites is 2. The lowest BCUT2D eigenvalue weighted by molar-refractivity contribution is -0.134. The van der Waals surface area contributed by atoms with E-state index in [1.807, 2.05) is 24.3 Å². The Morgan fingerprint density at radius 2 is 1.83 bits per heavy atom. The van der Waals surface area contributed by atoms with Gasteiger partial charge in [-0.05, 0) is 50.8 Å². The topological polar surface area (TPSA) is 38.1 Å². The summed E-state index contributed by atoms with van der Waals surface area (Å²) in [7, 11) is 0. The molecule has 1 aliphatic heterocycles. The van der Waals surface area contributed by atoms with Gasteiger partial charge in [-0.15, -0.1) is 0 Å². The monoisotopic (exact) mass is 389 g/mol. The summed E-state index contributed by atoms with van der Waals surface area (Å²) in [6.45, 7) is 8.14. The molecule has 0 bridgehead atoms. The van der Waals surface area contributed by atoms with Crippen molar-refractivity contribution in [3.63, 3.8) is 0 Å². The van der Waals surface area contributed by atoms with Crippen molar-refractivity contribution in [2.24, 2.45) is 0 Å². The highest BCUT2D eigenvalue weighted by Gasteiger charge is 2.32. The molecule has 0 saturated carbocycles. The maximum atomic E-state index is 13.4. The third kappa shape index (κ3) is 3.81. The Kier molecular flexibility index (Phi) is 5.70. The smallest absolute Gasteiger partial charge is 0.230 e. The molecule has 4 nitrogen and oxygen atoms in total. The Hall–Kier alpha value is -2.62. The fourth-order valence-corrected chi connectivity index (χ4v) is 4.74. The van der Waals surface area contributed by atoms with Crippen LogP contribution in [0.15, 0.2) is 54.6 Å². The van der Waals surface area contributed by atoms with Crippen molar-refractivity contribution < 1.29 is 4.79 Å². The van der Waals surface area contributed by atoms with Crippen LogP contribution in [0.5, 0.6) is 0 Å². The molecule has 1 aliphatic rings. The molecule has 152 valence electrons. The van der Waals surface area contributed by atoms with Crippen molar-refractivity contribution in [2.75, 3.05) is 13.1 Å². The minimum Gasteiger partial charge on any atom is -0.341 e. The molecule has 2 atom stereocenters. The summed E-state index contributed by atoms with van der Waals surface area (Å²) < 4.78 is 2.36. The summed E-state index contributed by atoms with van der Waals surface area (Å²) in [5, 5.41) is 0. The molecule has 0 radical (unpaired) electrons. The number of hydrogen-bond acceptors (Lipinski definition) is 2. The highest BCUT2D eigenvalue weighted by molar-refractivity contribution is 5.84. The number of imidazole rings is 1. The van der Waals surface area contributed by atoms with Crippen molar-refractivity contribution in [2.45, 2.75) is 57.9 Å². The SMILES string of the molecule is CCC(C(=O)N1CCCC(c2nc3ccccc3n2C(C)C)C1)c1ccccc1. The average Bonchev–Trinajstić information content (AvgIpc) is 3.15. The van der Waals surface area contributed by atoms with Gasteiger partial charge in [-0.25, -0.2) is 4.98 Å². The van der Waals surface area contributed by atoms with Crippen LogP contribution in [-0.2, 0) is 4.79 Å². The van der Waals surface area contributed by atoms with E-state index >= 15 is 0 Å². The average molecular weight is 390 g/mol. The summed E-state index contributed by atoms with van der Waals surface area (Å²) in [4.78, 5) is 20.5. The molecule has 4 rings (SSSR count). The van der Waals surface area contributed by atoms with Crippen LogP contribution < -0.4 is 0 Å². The van der Waals surface area contributed by atoms with Gasteiger partial charge in [0.1, 0.15) is 5.82 Å². The Balaban J connectivity index is 1.61. The van der Waals surface area contributed by atoms with Crippen LogP contribution in [0.3, 0.4) is 0 Å². The van der Waals surface area contributed by atoms with Crippen molar-refractivity contribution in [3.8, 4) is 0 Å². The van der Waals surface area contributed by atoms with Gasteiger partial charge in [0.05, 0.1) is 17.0 Å². The molecule has 0 spiro atoms. The number of hydrogen-bond donors (Lipinski definition) is 0. The van der Waals surface area contributed by atoms with Gasteiger partial charge in [0.25, 0.3) is 0 Å². The number of fused-ring (bicyclic) bond motifs is 1. The van der Waals surface area contributed by atoms with Crippen LogP contribution >= 0.6 is 0 Å². The maximum Gasteiger partial charge on any atom is 0.230 e. The Morgan fingerprint density at radius 3 is 2.55 bits per heavy atom. The van der Waals surface area contributed by atoms with E-state index in [4.69, 9.17) is 4.98 Å². The van der Waals surface area contributed by atoms with Crippen LogP contribution in [0.25, 0.3) is 11.0 Å². The van der Waals surface area contributed by atoms with E-state index in [-0.39, 0.29) is 17.7 Å².